The van der Waals surface area contributed by atoms with Crippen LogP contribution in [0, 0.1) is 5.82 Å². The molecule has 0 amide bonds. The van der Waals surface area contributed by atoms with Crippen molar-refractivity contribution in [1.82, 2.24) is 19.7 Å². The normalized spacial score (nSPS) is 18.5. The second-order valence-corrected chi connectivity index (χ2v) is 9.94. The number of nitrogens with zero attached hydrogens (tertiary/aromatic N) is 4. The molecule has 1 aliphatic rings. The summed E-state index contributed by atoms with van der Waals surface area (Å²) in [4.78, 5) is 4.37. The predicted molar refractivity (Wildman–Crippen MR) is 107 cm³/mol. The smallest absolute Gasteiger partial charge is 0.191 e. The third kappa shape index (κ3) is 3.81. The molecule has 0 aliphatic carbocycles. The maximum atomic E-state index is 14.0. The molecule has 1 atom stereocenters. The molecule has 0 radical (unpaired) electrons. The number of benzene rings is 1. The fraction of sp³-hybridized carbons (Fsp3) is 0.316. The zero-order valence-electron chi connectivity index (χ0n) is 15.1. The van der Waals surface area contributed by atoms with Gasteiger partial charge in [-0.1, -0.05) is 23.9 Å². The van der Waals surface area contributed by atoms with E-state index in [9.17, 15) is 12.8 Å². The van der Waals surface area contributed by atoms with E-state index in [2.05, 4.69) is 21.8 Å². The molecule has 0 bridgehead atoms. The lowest BCUT2D eigenvalue weighted by Gasteiger charge is -2.11. The number of halogens is 1. The minimum Gasteiger partial charge on any atom is -0.302 e. The molecule has 1 aliphatic heterocycles. The summed E-state index contributed by atoms with van der Waals surface area (Å²) >= 11 is 1.43. The molecular formula is C19H19FN4O2S2. The largest absolute Gasteiger partial charge is 0.302 e. The maximum absolute atomic E-state index is 14.0. The number of aromatic nitrogens is 4. The van der Waals surface area contributed by atoms with Crippen LogP contribution in [0.15, 0.2) is 48.3 Å². The average Bonchev–Trinajstić information content (AvgIpc) is 3.22. The monoisotopic (exact) mass is 418 g/mol. The van der Waals surface area contributed by atoms with Crippen molar-refractivity contribution in [3.8, 4) is 0 Å². The van der Waals surface area contributed by atoms with Gasteiger partial charge in [-0.25, -0.2) is 12.8 Å². The number of fused-ring (bicyclic) bond motifs is 1. The Morgan fingerprint density at radius 2 is 2.21 bits per heavy atom. The summed E-state index contributed by atoms with van der Waals surface area (Å²) in [5.74, 6) is 0.978. The third-order valence-electron chi connectivity index (χ3n) is 4.76. The molecule has 9 heteroatoms. The Hall–Kier alpha value is -2.26. The van der Waals surface area contributed by atoms with E-state index in [1.54, 1.807) is 18.3 Å². The van der Waals surface area contributed by atoms with E-state index in [4.69, 9.17) is 0 Å². The Morgan fingerprint density at radius 1 is 1.36 bits per heavy atom. The molecule has 1 fully saturated rings. The number of thioether (sulfide) groups is 1. The van der Waals surface area contributed by atoms with Gasteiger partial charge in [0.2, 0.25) is 0 Å². The molecule has 1 saturated heterocycles. The van der Waals surface area contributed by atoms with Gasteiger partial charge in [0, 0.05) is 29.8 Å². The lowest BCUT2D eigenvalue weighted by atomic mass is 10.1. The minimum atomic E-state index is -3.01. The summed E-state index contributed by atoms with van der Waals surface area (Å²) in [6, 6.07) is 6.57. The van der Waals surface area contributed by atoms with Crippen molar-refractivity contribution >= 4 is 32.5 Å². The lowest BCUT2D eigenvalue weighted by molar-refractivity contribution is 0.597. The van der Waals surface area contributed by atoms with Gasteiger partial charge in [-0.3, -0.25) is 4.98 Å². The minimum absolute atomic E-state index is 0.103. The highest BCUT2D eigenvalue weighted by atomic mass is 32.2. The van der Waals surface area contributed by atoms with Crippen molar-refractivity contribution in [3.63, 3.8) is 0 Å². The van der Waals surface area contributed by atoms with Crippen LogP contribution in [0.1, 0.15) is 23.7 Å². The van der Waals surface area contributed by atoms with Crippen molar-refractivity contribution in [2.24, 2.45) is 0 Å². The SMILES string of the molecule is C=CCn1c(SCc2cc(F)cc3cccnc23)nnc1[C@H]1CCS(=O)(=O)C1. The van der Waals surface area contributed by atoms with Gasteiger partial charge < -0.3 is 4.57 Å². The Balaban J connectivity index is 1.62. The van der Waals surface area contributed by atoms with Gasteiger partial charge in [-0.05, 0) is 30.2 Å². The van der Waals surface area contributed by atoms with Crippen molar-refractivity contribution < 1.29 is 12.8 Å². The molecule has 0 saturated carbocycles. The topological polar surface area (TPSA) is 77.7 Å². The molecule has 3 heterocycles. The van der Waals surface area contributed by atoms with Gasteiger partial charge in [0.1, 0.15) is 11.6 Å². The Kier molecular flexibility index (Phi) is 5.20. The van der Waals surface area contributed by atoms with Crippen molar-refractivity contribution in [2.75, 3.05) is 11.5 Å². The van der Waals surface area contributed by atoms with Gasteiger partial charge in [0.05, 0.1) is 17.0 Å². The highest BCUT2D eigenvalue weighted by molar-refractivity contribution is 7.98. The van der Waals surface area contributed by atoms with Gasteiger partial charge in [0.15, 0.2) is 15.0 Å². The van der Waals surface area contributed by atoms with Gasteiger partial charge in [0.25, 0.3) is 0 Å². The van der Waals surface area contributed by atoms with Crippen LogP contribution in [0.3, 0.4) is 0 Å². The molecule has 146 valence electrons. The fourth-order valence-electron chi connectivity index (χ4n) is 3.49. The summed E-state index contributed by atoms with van der Waals surface area (Å²) in [7, 11) is -3.01. The number of rotatable bonds is 6. The molecule has 4 rings (SSSR count). The van der Waals surface area contributed by atoms with Crippen LogP contribution >= 0.6 is 11.8 Å². The van der Waals surface area contributed by atoms with Gasteiger partial charge in [-0.15, -0.1) is 16.8 Å². The van der Waals surface area contributed by atoms with Crippen molar-refractivity contribution in [2.45, 2.75) is 29.8 Å². The van der Waals surface area contributed by atoms with Crippen molar-refractivity contribution in [3.05, 3.63) is 60.3 Å². The second-order valence-electron chi connectivity index (χ2n) is 6.77. The molecule has 1 aromatic carbocycles. The first-order chi connectivity index (χ1) is 13.5. The molecular weight excluding hydrogens is 399 g/mol. The Morgan fingerprint density at radius 3 is 2.96 bits per heavy atom. The number of pyridine rings is 1. The number of hydrogen-bond donors (Lipinski definition) is 0. The molecule has 28 heavy (non-hydrogen) atoms. The van der Waals surface area contributed by atoms with E-state index >= 15 is 0 Å². The van der Waals surface area contributed by atoms with Gasteiger partial charge >= 0.3 is 0 Å². The van der Waals surface area contributed by atoms with Crippen LogP contribution in [-0.2, 0) is 22.1 Å². The maximum Gasteiger partial charge on any atom is 0.191 e. The average molecular weight is 419 g/mol. The third-order valence-corrected chi connectivity index (χ3v) is 7.54. The highest BCUT2D eigenvalue weighted by Crippen LogP contribution is 2.32. The summed E-state index contributed by atoms with van der Waals surface area (Å²) < 4.78 is 39.5. The second kappa shape index (κ2) is 7.63. The Bertz CT molecular complexity index is 1140. The molecule has 0 spiro atoms. The number of hydrogen-bond acceptors (Lipinski definition) is 6. The lowest BCUT2D eigenvalue weighted by Crippen LogP contribution is -2.11. The van der Waals surface area contributed by atoms with E-state index < -0.39 is 9.84 Å². The molecule has 3 aromatic rings. The summed E-state index contributed by atoms with van der Waals surface area (Å²) in [6.07, 6.45) is 3.98. The molecule has 2 aromatic heterocycles. The highest BCUT2D eigenvalue weighted by Gasteiger charge is 2.33. The van der Waals surface area contributed by atoms with Crippen LogP contribution in [-0.4, -0.2) is 39.7 Å². The molecule has 6 nitrogen and oxygen atoms in total. The summed E-state index contributed by atoms with van der Waals surface area (Å²) in [5.41, 5.74) is 1.53. The standard InChI is InChI=1S/C19H19FN4O2S2/c1-2-7-24-18(14-5-8-28(25,26)12-14)22-23-19(24)27-11-15-10-16(20)9-13-4-3-6-21-17(13)15/h2-4,6,9-10,14H,1,5,7-8,11-12H2/t14-/m0/s1. The first-order valence-corrected chi connectivity index (χ1v) is 11.7. The Labute approximate surface area is 166 Å². The number of sulfone groups is 1. The van der Waals surface area contributed by atoms with Crippen LogP contribution in [0.25, 0.3) is 10.9 Å². The fourth-order valence-corrected chi connectivity index (χ4v) is 6.15. The number of allylic oxidation sites excluding steroid dienone is 1. The van der Waals surface area contributed by atoms with E-state index in [-0.39, 0.29) is 23.2 Å². The summed E-state index contributed by atoms with van der Waals surface area (Å²) in [6.45, 7) is 4.27. The first-order valence-electron chi connectivity index (χ1n) is 8.87. The van der Waals surface area contributed by atoms with E-state index in [1.807, 2.05) is 10.6 Å². The van der Waals surface area contributed by atoms with E-state index in [0.717, 1.165) is 16.5 Å². The van der Waals surface area contributed by atoms with Crippen LogP contribution in [0.5, 0.6) is 0 Å². The van der Waals surface area contributed by atoms with E-state index in [1.165, 1.54) is 23.9 Å². The first kappa shape index (κ1) is 19.1. The van der Waals surface area contributed by atoms with Gasteiger partial charge in [-0.2, -0.15) is 0 Å². The molecule has 0 unspecified atom stereocenters. The predicted octanol–water partition coefficient (Wildman–Crippen LogP) is 3.35. The van der Waals surface area contributed by atoms with Crippen molar-refractivity contribution in [1.29, 1.82) is 0 Å². The zero-order valence-corrected chi connectivity index (χ0v) is 16.7. The van der Waals surface area contributed by atoms with Crippen LogP contribution in [0.4, 0.5) is 4.39 Å². The quantitative estimate of drug-likeness (QED) is 0.451. The molecule has 0 N–H and O–H groups in total. The summed E-state index contributed by atoms with van der Waals surface area (Å²) in [5, 5.41) is 9.94. The van der Waals surface area contributed by atoms with Crippen LogP contribution in [0.2, 0.25) is 0 Å². The zero-order chi connectivity index (χ0) is 19.7. The van der Waals surface area contributed by atoms with Crippen LogP contribution < -0.4 is 0 Å². The van der Waals surface area contributed by atoms with E-state index in [0.29, 0.717) is 29.7 Å².